The van der Waals surface area contributed by atoms with Crippen molar-refractivity contribution in [1.29, 1.82) is 0 Å². The number of carbonyl (C=O) groups is 1. The van der Waals surface area contributed by atoms with E-state index in [-0.39, 0.29) is 12.0 Å². The highest BCUT2D eigenvalue weighted by molar-refractivity contribution is 7.09. The predicted octanol–water partition coefficient (Wildman–Crippen LogP) is 1.02. The van der Waals surface area contributed by atoms with Crippen LogP contribution in [0.5, 0.6) is 0 Å². The lowest BCUT2D eigenvalue weighted by molar-refractivity contribution is -0.151. The molecule has 1 unspecified atom stereocenters. The van der Waals surface area contributed by atoms with Gasteiger partial charge in [-0.1, -0.05) is 0 Å². The van der Waals surface area contributed by atoms with E-state index >= 15 is 0 Å². The molecule has 4 heterocycles. The smallest absolute Gasteiger partial charge is 0.250 e. The standard InChI is InChI=1S/C16H21N5O2S/c22-15(16(2-5-17-6-3-16)21-8-1-4-19-21)20-9-10-23-13(12-20)14-18-7-11-24-14/h1,4,7-8,11,13,17H,2-3,5-6,9-10,12H2. The maximum absolute atomic E-state index is 13.5. The molecule has 128 valence electrons. The number of hydrogen-bond donors (Lipinski definition) is 1. The maximum atomic E-state index is 13.5. The fourth-order valence-electron chi connectivity index (χ4n) is 3.57. The molecule has 0 aliphatic carbocycles. The van der Waals surface area contributed by atoms with Crippen molar-refractivity contribution in [2.24, 2.45) is 0 Å². The predicted molar refractivity (Wildman–Crippen MR) is 89.7 cm³/mol. The van der Waals surface area contributed by atoms with Gasteiger partial charge in [-0.2, -0.15) is 5.10 Å². The van der Waals surface area contributed by atoms with Crippen molar-refractivity contribution in [3.05, 3.63) is 35.0 Å². The van der Waals surface area contributed by atoms with Crippen molar-refractivity contribution in [2.75, 3.05) is 32.8 Å². The van der Waals surface area contributed by atoms with Crippen LogP contribution in [-0.2, 0) is 15.1 Å². The van der Waals surface area contributed by atoms with Gasteiger partial charge in [0.05, 0.1) is 13.2 Å². The summed E-state index contributed by atoms with van der Waals surface area (Å²) in [5.41, 5.74) is -0.584. The molecule has 2 aliphatic rings. The minimum absolute atomic E-state index is 0.126. The molecule has 0 saturated carbocycles. The maximum Gasteiger partial charge on any atom is 0.250 e. The SMILES string of the molecule is O=C(N1CCOC(c2nccs2)C1)C1(n2cccn2)CCNCC1. The van der Waals surface area contributed by atoms with Crippen molar-refractivity contribution >= 4 is 17.2 Å². The number of ether oxygens (including phenoxy) is 1. The first kappa shape index (κ1) is 15.7. The van der Waals surface area contributed by atoms with Gasteiger partial charge in [0.25, 0.3) is 5.91 Å². The van der Waals surface area contributed by atoms with Crippen LogP contribution in [0.25, 0.3) is 0 Å². The fraction of sp³-hybridized carbons (Fsp3) is 0.562. The molecule has 8 heteroatoms. The average Bonchev–Trinajstić information content (AvgIpc) is 3.35. The largest absolute Gasteiger partial charge is 0.367 e. The number of morpholine rings is 1. The van der Waals surface area contributed by atoms with E-state index in [2.05, 4.69) is 15.4 Å². The van der Waals surface area contributed by atoms with Gasteiger partial charge in [-0.15, -0.1) is 11.3 Å². The molecule has 2 saturated heterocycles. The summed E-state index contributed by atoms with van der Waals surface area (Å²) in [5.74, 6) is 0.151. The summed E-state index contributed by atoms with van der Waals surface area (Å²) < 4.78 is 7.68. The topological polar surface area (TPSA) is 72.3 Å². The molecule has 0 bridgehead atoms. The molecule has 0 spiro atoms. The summed E-state index contributed by atoms with van der Waals surface area (Å²) in [6.07, 6.45) is 6.82. The highest BCUT2D eigenvalue weighted by atomic mass is 32.1. The third-order valence-electron chi connectivity index (χ3n) is 4.85. The molecular weight excluding hydrogens is 326 g/mol. The molecule has 2 aromatic heterocycles. The number of carbonyl (C=O) groups excluding carboxylic acids is 1. The molecule has 7 nitrogen and oxygen atoms in total. The van der Waals surface area contributed by atoms with E-state index in [0.29, 0.717) is 19.7 Å². The van der Waals surface area contributed by atoms with Crippen molar-refractivity contribution in [3.8, 4) is 0 Å². The molecule has 2 fully saturated rings. The van der Waals surface area contributed by atoms with E-state index in [1.54, 1.807) is 23.7 Å². The van der Waals surface area contributed by atoms with E-state index in [0.717, 1.165) is 30.9 Å². The molecule has 1 N–H and O–H groups in total. The van der Waals surface area contributed by atoms with E-state index in [4.69, 9.17) is 4.74 Å². The Morgan fingerprint density at radius 1 is 1.38 bits per heavy atom. The summed E-state index contributed by atoms with van der Waals surface area (Å²) in [6, 6.07) is 1.88. The summed E-state index contributed by atoms with van der Waals surface area (Å²) in [4.78, 5) is 19.7. The average molecular weight is 347 g/mol. The van der Waals surface area contributed by atoms with Crippen LogP contribution < -0.4 is 5.32 Å². The van der Waals surface area contributed by atoms with E-state index in [1.165, 1.54) is 0 Å². The zero-order valence-electron chi connectivity index (χ0n) is 13.4. The van der Waals surface area contributed by atoms with Crippen LogP contribution in [0.2, 0.25) is 0 Å². The highest BCUT2D eigenvalue weighted by Crippen LogP contribution is 2.32. The Morgan fingerprint density at radius 3 is 2.96 bits per heavy atom. The van der Waals surface area contributed by atoms with Crippen LogP contribution in [0.15, 0.2) is 30.0 Å². The summed E-state index contributed by atoms with van der Waals surface area (Å²) in [7, 11) is 0. The van der Waals surface area contributed by atoms with Gasteiger partial charge in [0.2, 0.25) is 0 Å². The Balaban J connectivity index is 1.58. The lowest BCUT2D eigenvalue weighted by Gasteiger charge is -2.42. The van der Waals surface area contributed by atoms with Crippen LogP contribution in [0.4, 0.5) is 0 Å². The number of amides is 1. The summed E-state index contributed by atoms with van der Waals surface area (Å²) >= 11 is 1.57. The van der Waals surface area contributed by atoms with E-state index in [1.807, 2.05) is 27.2 Å². The van der Waals surface area contributed by atoms with Gasteiger partial charge in [-0.25, -0.2) is 4.98 Å². The summed E-state index contributed by atoms with van der Waals surface area (Å²) in [6.45, 7) is 3.38. The van der Waals surface area contributed by atoms with Gasteiger partial charge in [-0.3, -0.25) is 9.48 Å². The van der Waals surface area contributed by atoms with Gasteiger partial charge in [0, 0.05) is 30.5 Å². The Kier molecular flexibility index (Phi) is 4.34. The normalized spacial score (nSPS) is 24.0. The van der Waals surface area contributed by atoms with Crippen LogP contribution in [0.1, 0.15) is 24.0 Å². The van der Waals surface area contributed by atoms with E-state index in [9.17, 15) is 4.79 Å². The molecule has 24 heavy (non-hydrogen) atoms. The summed E-state index contributed by atoms with van der Waals surface area (Å²) in [5, 5.41) is 10.6. The third kappa shape index (κ3) is 2.74. The molecule has 2 aliphatic heterocycles. The molecule has 0 aromatic carbocycles. The number of hydrogen-bond acceptors (Lipinski definition) is 6. The Hall–Kier alpha value is -1.77. The minimum Gasteiger partial charge on any atom is -0.367 e. The van der Waals surface area contributed by atoms with Crippen molar-refractivity contribution in [3.63, 3.8) is 0 Å². The van der Waals surface area contributed by atoms with Crippen LogP contribution in [0.3, 0.4) is 0 Å². The number of nitrogens with one attached hydrogen (secondary N) is 1. The Labute approximate surface area is 144 Å². The quantitative estimate of drug-likeness (QED) is 0.897. The molecule has 1 atom stereocenters. The molecule has 2 aromatic rings. The number of thiazole rings is 1. The number of aromatic nitrogens is 3. The first-order valence-corrected chi connectivity index (χ1v) is 9.19. The van der Waals surface area contributed by atoms with Crippen LogP contribution >= 0.6 is 11.3 Å². The van der Waals surface area contributed by atoms with Gasteiger partial charge in [-0.05, 0) is 32.0 Å². The van der Waals surface area contributed by atoms with Crippen molar-refractivity contribution in [2.45, 2.75) is 24.5 Å². The molecule has 0 radical (unpaired) electrons. The van der Waals surface area contributed by atoms with Gasteiger partial charge in [0.15, 0.2) is 0 Å². The second-order valence-corrected chi connectivity index (χ2v) is 7.14. The lowest BCUT2D eigenvalue weighted by Crippen LogP contribution is -2.57. The minimum atomic E-state index is -0.584. The Morgan fingerprint density at radius 2 is 2.25 bits per heavy atom. The first-order valence-electron chi connectivity index (χ1n) is 8.31. The molecular formula is C16H21N5O2S. The number of nitrogens with zero attached hydrogens (tertiary/aromatic N) is 4. The van der Waals surface area contributed by atoms with Gasteiger partial charge in [0.1, 0.15) is 16.7 Å². The third-order valence-corrected chi connectivity index (χ3v) is 5.72. The fourth-order valence-corrected chi connectivity index (χ4v) is 4.25. The lowest BCUT2D eigenvalue weighted by atomic mass is 9.86. The van der Waals surface area contributed by atoms with Crippen molar-refractivity contribution in [1.82, 2.24) is 25.0 Å². The molecule has 1 amide bonds. The van der Waals surface area contributed by atoms with Gasteiger partial charge < -0.3 is 15.0 Å². The number of piperidine rings is 1. The van der Waals surface area contributed by atoms with Crippen LogP contribution in [0, 0.1) is 0 Å². The Bertz CT molecular complexity index is 667. The second-order valence-electron chi connectivity index (χ2n) is 6.21. The monoisotopic (exact) mass is 347 g/mol. The molecule has 4 rings (SSSR count). The van der Waals surface area contributed by atoms with Crippen molar-refractivity contribution < 1.29 is 9.53 Å². The second kappa shape index (κ2) is 6.62. The van der Waals surface area contributed by atoms with Gasteiger partial charge >= 0.3 is 0 Å². The zero-order chi connectivity index (χ0) is 16.4. The zero-order valence-corrected chi connectivity index (χ0v) is 14.2. The number of rotatable bonds is 3. The highest BCUT2D eigenvalue weighted by Gasteiger charge is 2.45. The first-order chi connectivity index (χ1) is 11.8. The van der Waals surface area contributed by atoms with Crippen LogP contribution in [-0.4, -0.2) is 58.4 Å². The van der Waals surface area contributed by atoms with E-state index < -0.39 is 5.54 Å².